The normalized spacial score (nSPS) is 10.3. The number of amides is 1. The molecule has 0 fully saturated rings. The van der Waals surface area contributed by atoms with Crippen LogP contribution in [0.2, 0.25) is 0 Å². The molecule has 8 nitrogen and oxygen atoms in total. The maximum absolute atomic E-state index is 12.5. The molecule has 0 aliphatic heterocycles. The molecule has 138 valence electrons. The molecule has 26 heavy (non-hydrogen) atoms. The number of carbonyl (C=O) groups excluding carboxylic acids is 2. The number of anilines is 2. The van der Waals surface area contributed by atoms with Crippen LogP contribution in [0.4, 0.5) is 11.5 Å². The van der Waals surface area contributed by atoms with Gasteiger partial charge in [0.15, 0.2) is 0 Å². The van der Waals surface area contributed by atoms with Crippen molar-refractivity contribution < 1.29 is 19.1 Å². The minimum Gasteiger partial charge on any atom is -0.465 e. The lowest BCUT2D eigenvalue weighted by molar-refractivity contribution is 0.0600. The van der Waals surface area contributed by atoms with E-state index in [1.165, 1.54) is 7.11 Å². The summed E-state index contributed by atoms with van der Waals surface area (Å²) >= 11 is 0. The van der Waals surface area contributed by atoms with Crippen LogP contribution in [0.5, 0.6) is 0 Å². The molecule has 0 atom stereocenters. The van der Waals surface area contributed by atoms with Gasteiger partial charge in [-0.1, -0.05) is 6.07 Å². The number of aromatic nitrogens is 2. The van der Waals surface area contributed by atoms with E-state index in [-0.39, 0.29) is 5.69 Å². The second-order valence-corrected chi connectivity index (χ2v) is 5.49. The summed E-state index contributed by atoms with van der Waals surface area (Å²) in [7, 11) is 2.95. The molecular weight excluding hydrogens is 336 g/mol. The van der Waals surface area contributed by atoms with Gasteiger partial charge in [-0.25, -0.2) is 14.8 Å². The average Bonchev–Trinajstić information content (AvgIpc) is 2.64. The smallest absolute Gasteiger partial charge is 0.337 e. The monoisotopic (exact) mass is 358 g/mol. The Bertz CT molecular complexity index is 780. The topological polar surface area (TPSA) is 102 Å². The highest BCUT2D eigenvalue weighted by atomic mass is 16.5. The van der Waals surface area contributed by atoms with Crippen LogP contribution in [0.3, 0.4) is 0 Å². The van der Waals surface area contributed by atoms with E-state index in [9.17, 15) is 9.59 Å². The Morgan fingerprint density at radius 2 is 1.96 bits per heavy atom. The van der Waals surface area contributed by atoms with Gasteiger partial charge in [-0.3, -0.25) is 4.79 Å². The van der Waals surface area contributed by atoms with Gasteiger partial charge >= 0.3 is 5.97 Å². The number of methoxy groups -OCH3 is 2. The third-order valence-corrected chi connectivity index (χ3v) is 3.44. The van der Waals surface area contributed by atoms with Crippen molar-refractivity contribution in [2.24, 2.45) is 0 Å². The van der Waals surface area contributed by atoms with Gasteiger partial charge in [-0.2, -0.15) is 0 Å². The summed E-state index contributed by atoms with van der Waals surface area (Å²) in [6.45, 7) is 3.03. The number of ether oxygens (including phenoxy) is 2. The molecule has 1 heterocycles. The van der Waals surface area contributed by atoms with E-state index < -0.39 is 11.9 Å². The van der Waals surface area contributed by atoms with Crippen LogP contribution < -0.4 is 10.6 Å². The van der Waals surface area contributed by atoms with E-state index >= 15 is 0 Å². The van der Waals surface area contributed by atoms with E-state index in [0.717, 1.165) is 6.42 Å². The van der Waals surface area contributed by atoms with Crippen LogP contribution in [-0.4, -0.2) is 49.2 Å². The quantitative estimate of drug-likeness (QED) is 0.551. The van der Waals surface area contributed by atoms with E-state index in [4.69, 9.17) is 4.74 Å². The Morgan fingerprint density at radius 3 is 2.69 bits per heavy atom. The predicted molar refractivity (Wildman–Crippen MR) is 97.5 cm³/mol. The van der Waals surface area contributed by atoms with Gasteiger partial charge in [0.25, 0.3) is 5.91 Å². The molecule has 0 bridgehead atoms. The number of hydrogen-bond acceptors (Lipinski definition) is 7. The molecule has 2 rings (SSSR count). The first-order valence-corrected chi connectivity index (χ1v) is 8.11. The Labute approximate surface area is 151 Å². The van der Waals surface area contributed by atoms with Gasteiger partial charge in [0.2, 0.25) is 0 Å². The number of nitrogens with one attached hydrogen (secondary N) is 2. The molecular formula is C18H22N4O4. The maximum atomic E-state index is 12.5. The molecule has 0 unspecified atom stereocenters. The Morgan fingerprint density at radius 1 is 1.15 bits per heavy atom. The molecule has 2 N–H and O–H groups in total. The molecule has 1 aromatic heterocycles. The number of aryl methyl sites for hydroxylation is 1. The summed E-state index contributed by atoms with van der Waals surface area (Å²) < 4.78 is 9.67. The van der Waals surface area contributed by atoms with E-state index in [0.29, 0.717) is 36.0 Å². The first-order valence-electron chi connectivity index (χ1n) is 8.11. The van der Waals surface area contributed by atoms with E-state index in [2.05, 4.69) is 25.3 Å². The number of esters is 1. The predicted octanol–water partition coefficient (Wildman–Crippen LogP) is 2.27. The van der Waals surface area contributed by atoms with Gasteiger partial charge in [0.1, 0.15) is 17.3 Å². The summed E-state index contributed by atoms with van der Waals surface area (Å²) in [5, 5.41) is 5.86. The molecule has 0 saturated carbocycles. The van der Waals surface area contributed by atoms with Gasteiger partial charge in [-0.15, -0.1) is 0 Å². The summed E-state index contributed by atoms with van der Waals surface area (Å²) in [6, 6.07) is 8.08. The fraction of sp³-hybridized carbons (Fsp3) is 0.333. The van der Waals surface area contributed by atoms with Gasteiger partial charge in [0, 0.05) is 32.0 Å². The number of carbonyl (C=O) groups is 2. The highest BCUT2D eigenvalue weighted by Gasteiger charge is 2.12. The highest BCUT2D eigenvalue weighted by Crippen LogP contribution is 2.14. The molecule has 1 amide bonds. The fourth-order valence-electron chi connectivity index (χ4n) is 2.24. The van der Waals surface area contributed by atoms with Crippen molar-refractivity contribution in [3.63, 3.8) is 0 Å². The number of hydrogen-bond donors (Lipinski definition) is 2. The number of nitrogens with zero attached hydrogens (tertiary/aromatic N) is 2. The van der Waals surface area contributed by atoms with E-state index in [1.807, 2.05) is 0 Å². The Hall–Kier alpha value is -3.00. The molecule has 0 aliphatic rings. The molecule has 2 aromatic rings. The second-order valence-electron chi connectivity index (χ2n) is 5.49. The van der Waals surface area contributed by atoms with Crippen molar-refractivity contribution in [2.45, 2.75) is 13.3 Å². The van der Waals surface area contributed by atoms with Crippen molar-refractivity contribution >= 4 is 23.4 Å². The van der Waals surface area contributed by atoms with Crippen molar-refractivity contribution in [2.75, 3.05) is 38.0 Å². The lowest BCUT2D eigenvalue weighted by Crippen LogP contribution is -2.16. The summed E-state index contributed by atoms with van der Waals surface area (Å²) in [6.07, 6.45) is 0.821. The zero-order valence-electron chi connectivity index (χ0n) is 15.0. The SMILES string of the molecule is COCCCNc1cc(C(=O)Nc2cccc(C(=O)OC)c2)nc(C)n1. The first-order chi connectivity index (χ1) is 12.5. The highest BCUT2D eigenvalue weighted by molar-refractivity contribution is 6.04. The molecule has 1 aromatic carbocycles. The Balaban J connectivity index is 2.09. The minimum absolute atomic E-state index is 0.232. The van der Waals surface area contributed by atoms with Crippen molar-refractivity contribution in [1.82, 2.24) is 9.97 Å². The number of benzene rings is 1. The zero-order valence-corrected chi connectivity index (χ0v) is 15.0. The summed E-state index contributed by atoms with van der Waals surface area (Å²) in [5.41, 5.74) is 1.06. The van der Waals surface area contributed by atoms with Crippen LogP contribution in [0.15, 0.2) is 30.3 Å². The standard InChI is InChI=1S/C18H22N4O4/c1-12-20-15(11-16(21-12)19-8-5-9-25-2)17(23)22-14-7-4-6-13(10-14)18(24)26-3/h4,6-7,10-11H,5,8-9H2,1-3H3,(H,22,23)(H,19,20,21). The van der Waals surface area contributed by atoms with Crippen molar-refractivity contribution in [3.05, 3.63) is 47.4 Å². The molecule has 0 saturated heterocycles. The fourth-order valence-corrected chi connectivity index (χ4v) is 2.24. The summed E-state index contributed by atoms with van der Waals surface area (Å²) in [4.78, 5) is 32.5. The van der Waals surface area contributed by atoms with E-state index in [1.54, 1.807) is 44.4 Å². The van der Waals surface area contributed by atoms with Crippen LogP contribution in [0.1, 0.15) is 33.1 Å². The lowest BCUT2D eigenvalue weighted by Gasteiger charge is -2.09. The van der Waals surface area contributed by atoms with Crippen LogP contribution in [0.25, 0.3) is 0 Å². The zero-order chi connectivity index (χ0) is 18.9. The largest absolute Gasteiger partial charge is 0.465 e. The average molecular weight is 358 g/mol. The van der Waals surface area contributed by atoms with Crippen molar-refractivity contribution in [3.8, 4) is 0 Å². The third-order valence-electron chi connectivity index (χ3n) is 3.44. The molecule has 8 heteroatoms. The van der Waals surface area contributed by atoms with Crippen LogP contribution in [-0.2, 0) is 9.47 Å². The Kier molecular flexibility index (Phi) is 7.04. The molecule has 0 spiro atoms. The lowest BCUT2D eigenvalue weighted by atomic mass is 10.2. The van der Waals surface area contributed by atoms with Crippen molar-refractivity contribution in [1.29, 1.82) is 0 Å². The third kappa shape index (κ3) is 5.52. The van der Waals surface area contributed by atoms with Crippen LogP contribution in [0, 0.1) is 6.92 Å². The molecule has 0 radical (unpaired) electrons. The minimum atomic E-state index is -0.471. The van der Waals surface area contributed by atoms with Gasteiger partial charge < -0.3 is 20.1 Å². The summed E-state index contributed by atoms with van der Waals surface area (Å²) in [5.74, 6) is 0.191. The van der Waals surface area contributed by atoms with Gasteiger partial charge in [-0.05, 0) is 31.5 Å². The molecule has 0 aliphatic carbocycles. The second kappa shape index (κ2) is 9.47. The van der Waals surface area contributed by atoms with Crippen LogP contribution >= 0.6 is 0 Å². The maximum Gasteiger partial charge on any atom is 0.337 e. The van der Waals surface area contributed by atoms with Gasteiger partial charge in [0.05, 0.1) is 12.7 Å². The first kappa shape index (κ1) is 19.3. The number of rotatable bonds is 8.